The first kappa shape index (κ1) is 21.6. The monoisotopic (exact) mass is 444 g/mol. The maximum atomic E-state index is 12.1. The quantitative estimate of drug-likeness (QED) is 0.499. The minimum Gasteiger partial charge on any atom is -0.354 e. The van der Waals surface area contributed by atoms with Gasteiger partial charge in [-0.25, -0.2) is 4.52 Å². The molecule has 172 valence electrons. The van der Waals surface area contributed by atoms with Crippen LogP contribution in [0.15, 0.2) is 42.7 Å². The number of hydrogen-bond donors (Lipinski definition) is 1. The maximum absolute atomic E-state index is 12.1. The van der Waals surface area contributed by atoms with Crippen LogP contribution in [0.1, 0.15) is 49.7 Å². The van der Waals surface area contributed by atoms with E-state index in [0.29, 0.717) is 18.4 Å². The fourth-order valence-electron chi connectivity index (χ4n) is 5.05. The summed E-state index contributed by atoms with van der Waals surface area (Å²) in [4.78, 5) is 19.7. The van der Waals surface area contributed by atoms with Crippen LogP contribution in [-0.4, -0.2) is 69.2 Å². The van der Waals surface area contributed by atoms with Crippen molar-refractivity contribution >= 4 is 22.3 Å². The molecule has 1 aromatic carbocycles. The Balaban J connectivity index is 1.43. The van der Waals surface area contributed by atoms with Crippen LogP contribution in [0.2, 0.25) is 0 Å². The molecule has 0 aliphatic carbocycles. The molecule has 1 fully saturated rings. The number of nitrogens with one attached hydrogen (secondary N) is 1. The number of hydrogen-bond acceptors (Lipinski definition) is 4. The molecule has 0 atom stereocenters. The van der Waals surface area contributed by atoms with Gasteiger partial charge >= 0.3 is 0 Å². The molecule has 5 rings (SSSR count). The van der Waals surface area contributed by atoms with Crippen LogP contribution in [-0.2, 0) is 4.79 Å². The Morgan fingerprint density at radius 3 is 2.70 bits per heavy atom. The number of aromatic amines is 1. The average Bonchev–Trinajstić information content (AvgIpc) is 3.43. The molecule has 7 heteroatoms. The van der Waals surface area contributed by atoms with E-state index in [9.17, 15) is 4.79 Å². The highest BCUT2D eigenvalue weighted by molar-refractivity contribution is 5.92. The Labute approximate surface area is 194 Å². The van der Waals surface area contributed by atoms with Gasteiger partial charge in [0.15, 0.2) is 0 Å². The summed E-state index contributed by atoms with van der Waals surface area (Å²) in [6.07, 6.45) is 5.93. The van der Waals surface area contributed by atoms with Crippen LogP contribution in [0.4, 0.5) is 0 Å². The molecule has 3 aromatic heterocycles. The highest BCUT2D eigenvalue weighted by Crippen LogP contribution is 2.38. The normalized spacial score (nSPS) is 15.7. The van der Waals surface area contributed by atoms with Crippen molar-refractivity contribution in [2.45, 2.75) is 38.5 Å². The van der Waals surface area contributed by atoms with E-state index in [1.54, 1.807) is 15.6 Å². The molecule has 4 aromatic rings. The highest BCUT2D eigenvalue weighted by atomic mass is 16.2. The lowest BCUT2D eigenvalue weighted by Crippen LogP contribution is -2.40. The Morgan fingerprint density at radius 1 is 1.18 bits per heavy atom. The van der Waals surface area contributed by atoms with Gasteiger partial charge in [-0.05, 0) is 73.2 Å². The van der Waals surface area contributed by atoms with Crippen LogP contribution >= 0.6 is 0 Å². The van der Waals surface area contributed by atoms with Gasteiger partial charge in [-0.1, -0.05) is 25.1 Å². The van der Waals surface area contributed by atoms with Gasteiger partial charge in [0.2, 0.25) is 5.91 Å². The lowest BCUT2D eigenvalue weighted by Gasteiger charge is -2.32. The Morgan fingerprint density at radius 2 is 1.97 bits per heavy atom. The van der Waals surface area contributed by atoms with Gasteiger partial charge < -0.3 is 9.88 Å². The van der Waals surface area contributed by atoms with E-state index in [0.717, 1.165) is 37.0 Å². The molecule has 1 amide bonds. The number of fused-ring (bicyclic) bond motifs is 2. The van der Waals surface area contributed by atoms with Crippen molar-refractivity contribution in [3.63, 3.8) is 0 Å². The second-order valence-corrected chi connectivity index (χ2v) is 9.73. The molecule has 7 nitrogen and oxygen atoms in total. The number of likely N-dealkylation sites (N-methyl/N-ethyl adjacent to an activating group) is 1. The number of piperidine rings is 1. The number of pyridine rings is 1. The molecule has 1 aliphatic rings. The summed E-state index contributed by atoms with van der Waals surface area (Å²) < 4.78 is 1.79. The van der Waals surface area contributed by atoms with Gasteiger partial charge in [0.25, 0.3) is 0 Å². The number of likely N-dealkylation sites (tertiary alicyclic amines) is 1. The van der Waals surface area contributed by atoms with E-state index in [1.807, 2.05) is 20.3 Å². The molecular formula is C26H32N6O. The van der Waals surface area contributed by atoms with E-state index in [1.165, 1.54) is 27.7 Å². The first-order chi connectivity index (χ1) is 15.9. The predicted molar refractivity (Wildman–Crippen MR) is 131 cm³/mol. The number of H-pyrrole nitrogens is 1. The second kappa shape index (κ2) is 8.63. The molecule has 1 N–H and O–H groups in total. The molecule has 1 saturated heterocycles. The molecular weight excluding hydrogens is 412 g/mol. The zero-order valence-electron chi connectivity index (χ0n) is 19.9. The van der Waals surface area contributed by atoms with Crippen molar-refractivity contribution in [2.75, 3.05) is 33.7 Å². The van der Waals surface area contributed by atoms with E-state index in [2.05, 4.69) is 64.4 Å². The van der Waals surface area contributed by atoms with Crippen molar-refractivity contribution in [2.24, 2.45) is 0 Å². The van der Waals surface area contributed by atoms with Gasteiger partial charge in [-0.3, -0.25) is 9.69 Å². The van der Waals surface area contributed by atoms with Crippen molar-refractivity contribution < 1.29 is 4.79 Å². The third-order valence-corrected chi connectivity index (χ3v) is 6.95. The molecule has 0 saturated carbocycles. The van der Waals surface area contributed by atoms with Gasteiger partial charge in [0.05, 0.1) is 24.0 Å². The van der Waals surface area contributed by atoms with Gasteiger partial charge in [0, 0.05) is 36.8 Å². The largest absolute Gasteiger partial charge is 0.354 e. The molecule has 0 radical (unpaired) electrons. The fraction of sp³-hybridized carbons (Fsp3) is 0.423. The van der Waals surface area contributed by atoms with Crippen LogP contribution in [0.3, 0.4) is 0 Å². The van der Waals surface area contributed by atoms with Crippen molar-refractivity contribution in [3.8, 4) is 11.3 Å². The standard InChI is InChI=1S/C26H32N6O/c1-17(2)25-22-14-19(18-7-10-31(11-8-18)16-24(33)30(3)4)5-6-23(22)28-26(25)20-9-12-32-21(13-20)15-27-29-32/h5-6,9,12-15,17-18,28H,7-8,10-11,16H2,1-4H3. The minimum absolute atomic E-state index is 0.182. The molecule has 0 bridgehead atoms. The zero-order chi connectivity index (χ0) is 23.1. The van der Waals surface area contributed by atoms with E-state index in [4.69, 9.17) is 0 Å². The second-order valence-electron chi connectivity index (χ2n) is 9.73. The number of carbonyl (C=O) groups is 1. The number of nitrogens with zero attached hydrogens (tertiary/aromatic N) is 5. The number of rotatable bonds is 5. The first-order valence-electron chi connectivity index (χ1n) is 11.8. The average molecular weight is 445 g/mol. The van der Waals surface area contributed by atoms with E-state index in [-0.39, 0.29) is 5.91 Å². The third-order valence-electron chi connectivity index (χ3n) is 6.95. The van der Waals surface area contributed by atoms with Crippen LogP contribution in [0, 0.1) is 0 Å². The van der Waals surface area contributed by atoms with Gasteiger partial charge in [-0.15, -0.1) is 5.10 Å². The first-order valence-corrected chi connectivity index (χ1v) is 11.8. The SMILES string of the molecule is CC(C)c1c(-c2ccn3nncc3c2)[nH]c2ccc(C3CCN(CC(=O)N(C)C)CC3)cc12. The lowest BCUT2D eigenvalue weighted by atomic mass is 9.87. The Hall–Kier alpha value is -3.19. The topological polar surface area (TPSA) is 69.5 Å². The number of benzene rings is 1. The third kappa shape index (κ3) is 4.13. The summed E-state index contributed by atoms with van der Waals surface area (Å²) in [5.41, 5.74) is 7.27. The van der Waals surface area contributed by atoms with E-state index >= 15 is 0 Å². The summed E-state index contributed by atoms with van der Waals surface area (Å²) in [6, 6.07) is 11.2. The summed E-state index contributed by atoms with van der Waals surface area (Å²) in [5, 5.41) is 9.40. The number of amides is 1. The minimum atomic E-state index is 0.182. The summed E-state index contributed by atoms with van der Waals surface area (Å²) >= 11 is 0. The van der Waals surface area contributed by atoms with Gasteiger partial charge in [0.1, 0.15) is 0 Å². The maximum Gasteiger partial charge on any atom is 0.236 e. The predicted octanol–water partition coefficient (Wildman–Crippen LogP) is 4.27. The zero-order valence-corrected chi connectivity index (χ0v) is 19.9. The highest BCUT2D eigenvalue weighted by Gasteiger charge is 2.24. The van der Waals surface area contributed by atoms with E-state index < -0.39 is 0 Å². The van der Waals surface area contributed by atoms with Crippen molar-refractivity contribution in [3.05, 3.63) is 53.9 Å². The summed E-state index contributed by atoms with van der Waals surface area (Å²) in [6.45, 7) is 6.98. The van der Waals surface area contributed by atoms with Crippen molar-refractivity contribution in [1.29, 1.82) is 0 Å². The fourth-order valence-corrected chi connectivity index (χ4v) is 5.05. The number of aromatic nitrogens is 4. The van der Waals surface area contributed by atoms with Crippen molar-refractivity contribution in [1.82, 2.24) is 29.6 Å². The summed E-state index contributed by atoms with van der Waals surface area (Å²) in [7, 11) is 3.65. The van der Waals surface area contributed by atoms with Crippen LogP contribution < -0.4 is 0 Å². The van der Waals surface area contributed by atoms with Crippen LogP contribution in [0.5, 0.6) is 0 Å². The molecule has 0 unspecified atom stereocenters. The Bertz CT molecular complexity index is 1290. The Kier molecular flexibility index (Phi) is 5.66. The molecule has 4 heterocycles. The molecule has 33 heavy (non-hydrogen) atoms. The lowest BCUT2D eigenvalue weighted by molar-refractivity contribution is -0.130. The smallest absolute Gasteiger partial charge is 0.236 e. The molecule has 1 aliphatic heterocycles. The molecule has 0 spiro atoms. The summed E-state index contributed by atoms with van der Waals surface area (Å²) in [5.74, 6) is 1.11. The van der Waals surface area contributed by atoms with Gasteiger partial charge in [-0.2, -0.15) is 0 Å². The number of carbonyl (C=O) groups excluding carboxylic acids is 1. The van der Waals surface area contributed by atoms with Crippen LogP contribution in [0.25, 0.3) is 27.7 Å².